The summed E-state index contributed by atoms with van der Waals surface area (Å²) in [5.74, 6) is 0. The van der Waals surface area contributed by atoms with Crippen LogP contribution in [-0.2, 0) is 4.43 Å². The summed E-state index contributed by atoms with van der Waals surface area (Å²) >= 11 is 1.60. The van der Waals surface area contributed by atoms with Gasteiger partial charge in [0.05, 0.1) is 6.61 Å². The zero-order valence-electron chi connectivity index (χ0n) is 12.0. The third kappa shape index (κ3) is 6.71. The lowest BCUT2D eigenvalue weighted by Gasteiger charge is -2.35. The summed E-state index contributed by atoms with van der Waals surface area (Å²) in [7, 11) is -1.60. The molecule has 0 radical (unpaired) electrons. The van der Waals surface area contributed by atoms with Crippen LogP contribution in [0.4, 0.5) is 0 Å². The first kappa shape index (κ1) is 16.2. The largest absolute Gasteiger partial charge is 0.412 e. The van der Waals surface area contributed by atoms with Crippen LogP contribution < -0.4 is 0 Å². The molecule has 2 nitrogen and oxygen atoms in total. The van der Waals surface area contributed by atoms with E-state index < -0.39 is 8.32 Å². The normalized spacial score (nSPS) is 14.8. The molecule has 0 bridgehead atoms. The van der Waals surface area contributed by atoms with E-state index in [0.29, 0.717) is 6.61 Å². The van der Waals surface area contributed by atoms with Gasteiger partial charge in [0.2, 0.25) is 0 Å². The minimum atomic E-state index is -1.60. The average molecular weight is 262 g/mol. The first-order chi connectivity index (χ1) is 6.96. The second-order valence-corrected chi connectivity index (χ2v) is 13.0. The standard InChI is InChI=1S/C12H27NOSSi/c1-11(2,3)15-13-9-10-14-16(7,8)12(4,5)6/h9H,10H2,1-8H3. The van der Waals surface area contributed by atoms with Gasteiger partial charge in [-0.05, 0) is 50.9 Å². The van der Waals surface area contributed by atoms with Crippen LogP contribution in [-0.4, -0.2) is 25.9 Å². The van der Waals surface area contributed by atoms with Crippen LogP contribution in [0.5, 0.6) is 0 Å². The second-order valence-electron chi connectivity index (χ2n) is 6.56. The summed E-state index contributed by atoms with van der Waals surface area (Å²) in [4.78, 5) is 0. The van der Waals surface area contributed by atoms with Crippen LogP contribution in [0.15, 0.2) is 4.40 Å². The lowest BCUT2D eigenvalue weighted by molar-refractivity contribution is 0.343. The van der Waals surface area contributed by atoms with Gasteiger partial charge in [0.1, 0.15) is 0 Å². The van der Waals surface area contributed by atoms with Gasteiger partial charge in [0.15, 0.2) is 8.32 Å². The van der Waals surface area contributed by atoms with Crippen molar-refractivity contribution in [2.24, 2.45) is 4.40 Å². The molecular weight excluding hydrogens is 234 g/mol. The first-order valence-corrected chi connectivity index (χ1v) is 9.48. The van der Waals surface area contributed by atoms with Crippen LogP contribution in [0.3, 0.4) is 0 Å². The van der Waals surface area contributed by atoms with Gasteiger partial charge in [-0.1, -0.05) is 20.8 Å². The Morgan fingerprint density at radius 3 is 2.00 bits per heavy atom. The Kier molecular flexibility index (Phi) is 5.76. The van der Waals surface area contributed by atoms with E-state index in [0.717, 1.165) is 0 Å². The highest BCUT2D eigenvalue weighted by Crippen LogP contribution is 2.36. The van der Waals surface area contributed by atoms with Crippen molar-refractivity contribution in [1.82, 2.24) is 0 Å². The quantitative estimate of drug-likeness (QED) is 0.421. The van der Waals surface area contributed by atoms with Crippen molar-refractivity contribution in [3.05, 3.63) is 0 Å². The molecule has 96 valence electrons. The summed E-state index contributed by atoms with van der Waals surface area (Å²) in [5.41, 5.74) is 0. The maximum atomic E-state index is 5.98. The molecule has 0 fully saturated rings. The molecule has 0 heterocycles. The fourth-order valence-corrected chi connectivity index (χ4v) is 2.06. The zero-order valence-corrected chi connectivity index (χ0v) is 13.9. The first-order valence-electron chi connectivity index (χ1n) is 5.80. The highest BCUT2D eigenvalue weighted by Gasteiger charge is 2.36. The number of nitrogens with zero attached hydrogens (tertiary/aromatic N) is 1. The molecule has 0 saturated heterocycles. The van der Waals surface area contributed by atoms with Crippen molar-refractivity contribution in [2.45, 2.75) is 64.4 Å². The minimum Gasteiger partial charge on any atom is -0.412 e. The fraction of sp³-hybridized carbons (Fsp3) is 0.917. The average Bonchev–Trinajstić information content (AvgIpc) is 1.98. The number of rotatable bonds is 4. The van der Waals surface area contributed by atoms with E-state index in [1.54, 1.807) is 11.9 Å². The van der Waals surface area contributed by atoms with Crippen molar-refractivity contribution in [2.75, 3.05) is 6.61 Å². The smallest absolute Gasteiger partial charge is 0.192 e. The van der Waals surface area contributed by atoms with Crippen molar-refractivity contribution >= 4 is 26.5 Å². The summed E-state index contributed by atoms with van der Waals surface area (Å²) in [6.07, 6.45) is 1.89. The van der Waals surface area contributed by atoms with E-state index >= 15 is 0 Å². The summed E-state index contributed by atoms with van der Waals surface area (Å²) in [6, 6.07) is 0. The van der Waals surface area contributed by atoms with Crippen LogP contribution in [0.2, 0.25) is 18.1 Å². The maximum Gasteiger partial charge on any atom is 0.192 e. The van der Waals surface area contributed by atoms with Gasteiger partial charge in [-0.2, -0.15) is 0 Å². The lowest BCUT2D eigenvalue weighted by atomic mass is 10.2. The van der Waals surface area contributed by atoms with Crippen LogP contribution in [0.25, 0.3) is 0 Å². The minimum absolute atomic E-state index is 0.188. The molecule has 16 heavy (non-hydrogen) atoms. The van der Waals surface area contributed by atoms with Crippen molar-refractivity contribution in [3.8, 4) is 0 Å². The molecule has 0 aliphatic rings. The Hall–Kier alpha value is 0.197. The molecule has 0 aromatic heterocycles. The Bertz CT molecular complexity index is 238. The highest BCUT2D eigenvalue weighted by atomic mass is 32.2. The monoisotopic (exact) mass is 261 g/mol. The van der Waals surface area contributed by atoms with E-state index in [2.05, 4.69) is 59.0 Å². The van der Waals surface area contributed by atoms with Gasteiger partial charge in [0, 0.05) is 11.0 Å². The van der Waals surface area contributed by atoms with Gasteiger partial charge in [-0.25, -0.2) is 4.40 Å². The Morgan fingerprint density at radius 2 is 1.62 bits per heavy atom. The molecule has 0 amide bonds. The SMILES string of the molecule is CC(C)(C)SN=CCO[Si](C)(C)C(C)(C)C. The summed E-state index contributed by atoms with van der Waals surface area (Å²) in [5, 5.41) is 0.276. The number of hydrogen-bond donors (Lipinski definition) is 0. The molecule has 0 aromatic rings. The van der Waals surface area contributed by atoms with E-state index in [9.17, 15) is 0 Å². The predicted molar refractivity (Wildman–Crippen MR) is 79.0 cm³/mol. The Labute approximate surface area is 107 Å². The maximum absolute atomic E-state index is 5.98. The van der Waals surface area contributed by atoms with Gasteiger partial charge >= 0.3 is 0 Å². The van der Waals surface area contributed by atoms with Gasteiger partial charge in [-0.3, -0.25) is 0 Å². The van der Waals surface area contributed by atoms with Crippen LogP contribution in [0, 0.1) is 0 Å². The van der Waals surface area contributed by atoms with E-state index in [1.165, 1.54) is 0 Å². The topological polar surface area (TPSA) is 21.6 Å². The Balaban J connectivity index is 4.00. The van der Waals surface area contributed by atoms with E-state index in [1.807, 2.05) is 6.21 Å². The summed E-state index contributed by atoms with van der Waals surface area (Å²) in [6.45, 7) is 18.4. The molecule has 4 heteroatoms. The molecule has 0 atom stereocenters. The van der Waals surface area contributed by atoms with Crippen LogP contribution >= 0.6 is 11.9 Å². The van der Waals surface area contributed by atoms with Gasteiger partial charge in [0.25, 0.3) is 0 Å². The molecule has 0 saturated carbocycles. The summed E-state index contributed by atoms with van der Waals surface area (Å²) < 4.78 is 10.5. The molecule has 0 N–H and O–H groups in total. The molecule has 0 aliphatic heterocycles. The van der Waals surface area contributed by atoms with Crippen molar-refractivity contribution < 1.29 is 4.43 Å². The lowest BCUT2D eigenvalue weighted by Crippen LogP contribution is -2.41. The fourth-order valence-electron chi connectivity index (χ4n) is 0.688. The second kappa shape index (κ2) is 5.69. The van der Waals surface area contributed by atoms with Gasteiger partial charge in [-0.15, -0.1) is 0 Å². The zero-order chi connectivity index (χ0) is 13.0. The van der Waals surface area contributed by atoms with E-state index in [4.69, 9.17) is 4.43 Å². The van der Waals surface area contributed by atoms with Crippen molar-refractivity contribution in [1.29, 1.82) is 0 Å². The third-order valence-corrected chi connectivity index (χ3v) is 8.03. The third-order valence-electron chi connectivity index (χ3n) is 2.73. The molecule has 0 unspecified atom stereocenters. The van der Waals surface area contributed by atoms with Crippen molar-refractivity contribution in [3.63, 3.8) is 0 Å². The van der Waals surface area contributed by atoms with Gasteiger partial charge < -0.3 is 4.43 Å². The van der Waals surface area contributed by atoms with Crippen LogP contribution in [0.1, 0.15) is 41.5 Å². The highest BCUT2D eigenvalue weighted by molar-refractivity contribution is 7.99. The predicted octanol–water partition coefficient (Wildman–Crippen LogP) is 4.53. The Morgan fingerprint density at radius 1 is 1.12 bits per heavy atom. The molecule has 0 aliphatic carbocycles. The molecule has 0 rings (SSSR count). The molecule has 0 aromatic carbocycles. The molecular formula is C12H27NOSSi. The van der Waals surface area contributed by atoms with E-state index in [-0.39, 0.29) is 9.79 Å². The number of hydrogen-bond acceptors (Lipinski definition) is 3. The molecule has 0 spiro atoms.